The maximum absolute atomic E-state index is 9.77. The van der Waals surface area contributed by atoms with Crippen LogP contribution in [0.25, 0.3) is 11.1 Å². The Labute approximate surface area is 93.8 Å². The van der Waals surface area contributed by atoms with Crippen LogP contribution in [0.1, 0.15) is 5.56 Å². The molecule has 0 aliphatic rings. The number of rotatable bonds is 3. The standard InChI is InChI=1S/C12H14N2O2/c1-14-8-10(7-13-14)11-6-9(4-5-15)2-3-12(11)16/h2-3,6-8,15-16H,4-5H2,1H3. The molecule has 4 nitrogen and oxygen atoms in total. The van der Waals surface area contributed by atoms with E-state index >= 15 is 0 Å². The van der Waals surface area contributed by atoms with Gasteiger partial charge < -0.3 is 10.2 Å². The zero-order valence-corrected chi connectivity index (χ0v) is 9.09. The third-order valence-electron chi connectivity index (χ3n) is 2.48. The predicted molar refractivity (Wildman–Crippen MR) is 61.1 cm³/mol. The molecule has 0 radical (unpaired) electrons. The fourth-order valence-electron chi connectivity index (χ4n) is 1.66. The Balaban J connectivity index is 2.42. The Morgan fingerprint density at radius 2 is 2.19 bits per heavy atom. The summed E-state index contributed by atoms with van der Waals surface area (Å²) in [5, 5.41) is 22.7. The summed E-state index contributed by atoms with van der Waals surface area (Å²) in [6.45, 7) is 0.108. The van der Waals surface area contributed by atoms with E-state index in [-0.39, 0.29) is 12.4 Å². The number of phenolic OH excluding ortho intramolecular Hbond substituents is 1. The van der Waals surface area contributed by atoms with Crippen molar-refractivity contribution in [3.63, 3.8) is 0 Å². The van der Waals surface area contributed by atoms with E-state index in [9.17, 15) is 5.11 Å². The number of aromatic hydroxyl groups is 1. The molecule has 0 atom stereocenters. The summed E-state index contributed by atoms with van der Waals surface area (Å²) in [5.74, 6) is 0.231. The van der Waals surface area contributed by atoms with Crippen molar-refractivity contribution < 1.29 is 10.2 Å². The molecule has 1 aromatic heterocycles. The van der Waals surface area contributed by atoms with E-state index in [1.807, 2.05) is 25.4 Å². The number of phenols is 1. The summed E-state index contributed by atoms with van der Waals surface area (Å²) < 4.78 is 1.69. The number of aromatic nitrogens is 2. The molecule has 1 aromatic carbocycles. The summed E-state index contributed by atoms with van der Waals surface area (Å²) >= 11 is 0. The minimum absolute atomic E-state index is 0.108. The molecule has 0 unspecified atom stereocenters. The van der Waals surface area contributed by atoms with E-state index < -0.39 is 0 Å². The van der Waals surface area contributed by atoms with Crippen LogP contribution < -0.4 is 0 Å². The lowest BCUT2D eigenvalue weighted by atomic mass is 10.0. The lowest BCUT2D eigenvalue weighted by Gasteiger charge is -2.05. The molecule has 1 heterocycles. The van der Waals surface area contributed by atoms with Crippen LogP contribution in [0.15, 0.2) is 30.6 Å². The Morgan fingerprint density at radius 1 is 1.38 bits per heavy atom. The van der Waals surface area contributed by atoms with Crippen LogP contribution >= 0.6 is 0 Å². The van der Waals surface area contributed by atoms with Gasteiger partial charge in [0.15, 0.2) is 0 Å². The number of benzene rings is 1. The van der Waals surface area contributed by atoms with Gasteiger partial charge in [-0.1, -0.05) is 6.07 Å². The fourth-order valence-corrected chi connectivity index (χ4v) is 1.66. The highest BCUT2D eigenvalue weighted by molar-refractivity contribution is 5.69. The Kier molecular flexibility index (Phi) is 2.92. The summed E-state index contributed by atoms with van der Waals surface area (Å²) in [5.41, 5.74) is 2.62. The second kappa shape index (κ2) is 4.37. The van der Waals surface area contributed by atoms with Crippen LogP contribution in [0.4, 0.5) is 0 Å². The molecule has 0 bridgehead atoms. The van der Waals surface area contributed by atoms with Gasteiger partial charge in [-0.05, 0) is 24.1 Å². The molecule has 0 saturated heterocycles. The molecule has 0 aliphatic carbocycles. The zero-order chi connectivity index (χ0) is 11.5. The van der Waals surface area contributed by atoms with Crippen molar-refractivity contribution in [3.05, 3.63) is 36.2 Å². The summed E-state index contributed by atoms with van der Waals surface area (Å²) in [4.78, 5) is 0. The molecular formula is C12H14N2O2. The van der Waals surface area contributed by atoms with E-state index in [2.05, 4.69) is 5.10 Å². The first-order valence-electron chi connectivity index (χ1n) is 5.12. The van der Waals surface area contributed by atoms with Crippen molar-refractivity contribution in [3.8, 4) is 16.9 Å². The highest BCUT2D eigenvalue weighted by atomic mass is 16.3. The molecule has 2 aromatic rings. The van der Waals surface area contributed by atoms with Gasteiger partial charge in [-0.2, -0.15) is 5.10 Å². The van der Waals surface area contributed by atoms with Crippen LogP contribution in [-0.2, 0) is 13.5 Å². The van der Waals surface area contributed by atoms with Crippen molar-refractivity contribution in [1.29, 1.82) is 0 Å². The van der Waals surface area contributed by atoms with E-state index in [4.69, 9.17) is 5.11 Å². The second-order valence-electron chi connectivity index (χ2n) is 3.73. The average molecular weight is 218 g/mol. The predicted octanol–water partition coefficient (Wildman–Crippen LogP) is 1.33. The summed E-state index contributed by atoms with van der Waals surface area (Å²) in [7, 11) is 1.83. The van der Waals surface area contributed by atoms with Crippen LogP contribution in [0.3, 0.4) is 0 Å². The van der Waals surface area contributed by atoms with Gasteiger partial charge in [-0.3, -0.25) is 4.68 Å². The maximum atomic E-state index is 9.77. The number of nitrogens with zero attached hydrogens (tertiary/aromatic N) is 2. The molecule has 0 fully saturated rings. The molecule has 2 N–H and O–H groups in total. The zero-order valence-electron chi connectivity index (χ0n) is 9.09. The molecule has 4 heteroatoms. The van der Waals surface area contributed by atoms with E-state index in [1.54, 1.807) is 16.9 Å². The van der Waals surface area contributed by atoms with Crippen LogP contribution in [-0.4, -0.2) is 26.6 Å². The molecule has 84 valence electrons. The monoisotopic (exact) mass is 218 g/mol. The number of aryl methyl sites for hydroxylation is 1. The fraction of sp³-hybridized carbons (Fsp3) is 0.250. The smallest absolute Gasteiger partial charge is 0.123 e. The average Bonchev–Trinajstić information content (AvgIpc) is 2.68. The van der Waals surface area contributed by atoms with Gasteiger partial charge in [-0.25, -0.2) is 0 Å². The first kappa shape index (κ1) is 10.7. The first-order chi connectivity index (χ1) is 7.70. The van der Waals surface area contributed by atoms with Crippen molar-refractivity contribution >= 4 is 0 Å². The third kappa shape index (κ3) is 2.06. The van der Waals surface area contributed by atoms with Crippen molar-refractivity contribution in [2.24, 2.45) is 7.05 Å². The molecule has 2 rings (SSSR count). The van der Waals surface area contributed by atoms with Crippen LogP contribution in [0, 0.1) is 0 Å². The van der Waals surface area contributed by atoms with Gasteiger partial charge >= 0.3 is 0 Å². The highest BCUT2D eigenvalue weighted by Gasteiger charge is 2.07. The third-order valence-corrected chi connectivity index (χ3v) is 2.48. The van der Waals surface area contributed by atoms with Crippen molar-refractivity contribution in [2.75, 3.05) is 6.61 Å². The van der Waals surface area contributed by atoms with E-state index in [1.165, 1.54) is 0 Å². The summed E-state index contributed by atoms with van der Waals surface area (Å²) in [6, 6.07) is 5.33. The Bertz CT molecular complexity index is 492. The Hall–Kier alpha value is -1.81. The molecule has 16 heavy (non-hydrogen) atoms. The largest absolute Gasteiger partial charge is 0.507 e. The van der Waals surface area contributed by atoms with E-state index in [0.717, 1.165) is 16.7 Å². The van der Waals surface area contributed by atoms with Gasteiger partial charge in [0.05, 0.1) is 6.20 Å². The lowest BCUT2D eigenvalue weighted by Crippen LogP contribution is -1.91. The molecule has 0 spiro atoms. The molecule has 0 amide bonds. The minimum Gasteiger partial charge on any atom is -0.507 e. The SMILES string of the molecule is Cn1cc(-c2cc(CCO)ccc2O)cn1. The van der Waals surface area contributed by atoms with Gasteiger partial charge in [0.1, 0.15) is 5.75 Å². The second-order valence-corrected chi connectivity index (χ2v) is 3.73. The topological polar surface area (TPSA) is 58.3 Å². The summed E-state index contributed by atoms with van der Waals surface area (Å²) in [6.07, 6.45) is 4.14. The van der Waals surface area contributed by atoms with Gasteiger partial charge in [-0.15, -0.1) is 0 Å². The van der Waals surface area contributed by atoms with Gasteiger partial charge in [0, 0.05) is 31.0 Å². The quantitative estimate of drug-likeness (QED) is 0.817. The number of aliphatic hydroxyl groups is 1. The molecule has 0 saturated carbocycles. The number of hydrogen-bond acceptors (Lipinski definition) is 3. The van der Waals surface area contributed by atoms with Crippen LogP contribution in [0.2, 0.25) is 0 Å². The van der Waals surface area contributed by atoms with E-state index in [0.29, 0.717) is 6.42 Å². The van der Waals surface area contributed by atoms with Gasteiger partial charge in [0.25, 0.3) is 0 Å². The molecule has 0 aliphatic heterocycles. The minimum atomic E-state index is 0.108. The highest BCUT2D eigenvalue weighted by Crippen LogP contribution is 2.29. The normalized spacial score (nSPS) is 10.6. The number of aliphatic hydroxyl groups excluding tert-OH is 1. The van der Waals surface area contributed by atoms with Crippen LogP contribution in [0.5, 0.6) is 5.75 Å². The Morgan fingerprint density at radius 3 is 2.81 bits per heavy atom. The van der Waals surface area contributed by atoms with Gasteiger partial charge in [0.2, 0.25) is 0 Å². The maximum Gasteiger partial charge on any atom is 0.123 e. The first-order valence-corrected chi connectivity index (χ1v) is 5.12. The van der Waals surface area contributed by atoms with Crippen molar-refractivity contribution in [2.45, 2.75) is 6.42 Å². The number of hydrogen-bond donors (Lipinski definition) is 2. The lowest BCUT2D eigenvalue weighted by molar-refractivity contribution is 0.299. The molecular weight excluding hydrogens is 204 g/mol. The van der Waals surface area contributed by atoms with Crippen molar-refractivity contribution in [1.82, 2.24) is 9.78 Å².